The van der Waals surface area contributed by atoms with Crippen LogP contribution in [-0.2, 0) is 0 Å². The molecule has 0 radical (unpaired) electrons. The summed E-state index contributed by atoms with van der Waals surface area (Å²) >= 11 is 5.45. The molecule has 0 heterocycles. The summed E-state index contributed by atoms with van der Waals surface area (Å²) in [6.45, 7) is 10.6. The van der Waals surface area contributed by atoms with E-state index >= 15 is 0 Å². The molecule has 2 N–H and O–H groups in total. The van der Waals surface area contributed by atoms with E-state index in [9.17, 15) is 0 Å². The summed E-state index contributed by atoms with van der Waals surface area (Å²) in [4.78, 5) is 0. The second-order valence-electron chi connectivity index (χ2n) is 6.06. The van der Waals surface area contributed by atoms with Crippen LogP contribution in [0.4, 0.5) is 5.69 Å². The van der Waals surface area contributed by atoms with Gasteiger partial charge in [0.05, 0.1) is 6.04 Å². The van der Waals surface area contributed by atoms with Crippen molar-refractivity contribution in [2.75, 3.05) is 5.32 Å². The molecule has 0 bridgehead atoms. The van der Waals surface area contributed by atoms with Crippen molar-refractivity contribution in [1.29, 1.82) is 0 Å². The van der Waals surface area contributed by atoms with E-state index in [1.165, 1.54) is 27.8 Å². The first-order chi connectivity index (χ1) is 10.3. The second kappa shape index (κ2) is 6.93. The highest BCUT2D eigenvalue weighted by Crippen LogP contribution is 2.19. The molecule has 0 amide bonds. The molecule has 0 spiro atoms. The minimum absolute atomic E-state index is 0.172. The highest BCUT2D eigenvalue weighted by atomic mass is 32.1. The molecular formula is C19H24N2S. The highest BCUT2D eigenvalue weighted by molar-refractivity contribution is 7.80. The lowest BCUT2D eigenvalue weighted by Crippen LogP contribution is -2.31. The molecule has 0 fully saturated rings. The lowest BCUT2D eigenvalue weighted by atomic mass is 10.0. The summed E-state index contributed by atoms with van der Waals surface area (Å²) in [5, 5.41) is 7.30. The molecule has 1 unspecified atom stereocenters. The van der Waals surface area contributed by atoms with Crippen LogP contribution in [0, 0.1) is 27.7 Å². The zero-order chi connectivity index (χ0) is 16.3. The molecule has 0 aliphatic rings. The quantitative estimate of drug-likeness (QED) is 0.783. The third-order valence-corrected chi connectivity index (χ3v) is 3.95. The van der Waals surface area contributed by atoms with Crippen LogP contribution in [0.25, 0.3) is 0 Å². The Morgan fingerprint density at radius 3 is 2.18 bits per heavy atom. The molecule has 0 aromatic heterocycles. The third kappa shape index (κ3) is 4.31. The van der Waals surface area contributed by atoms with Crippen molar-refractivity contribution in [2.24, 2.45) is 0 Å². The van der Waals surface area contributed by atoms with E-state index in [1.54, 1.807) is 0 Å². The molecule has 2 aromatic carbocycles. The fraction of sp³-hybridized carbons (Fsp3) is 0.316. The van der Waals surface area contributed by atoms with Crippen LogP contribution in [0.15, 0.2) is 36.4 Å². The number of thiocarbonyl (C=S) groups is 1. The number of hydrogen-bond donors (Lipinski definition) is 2. The van der Waals surface area contributed by atoms with Gasteiger partial charge in [-0.15, -0.1) is 0 Å². The number of benzene rings is 2. The maximum Gasteiger partial charge on any atom is 0.171 e. The van der Waals surface area contributed by atoms with Crippen molar-refractivity contribution >= 4 is 23.0 Å². The van der Waals surface area contributed by atoms with Gasteiger partial charge in [-0.05, 0) is 81.2 Å². The van der Waals surface area contributed by atoms with Crippen molar-refractivity contribution in [3.05, 3.63) is 64.2 Å². The van der Waals surface area contributed by atoms with E-state index in [0.717, 1.165) is 5.69 Å². The summed E-state index contributed by atoms with van der Waals surface area (Å²) in [6.07, 6.45) is 0. The SMILES string of the molecule is Cc1cc(C)cc(NC(=S)NC(C)c2cc(C)ccc2C)c1. The number of hydrogen-bond acceptors (Lipinski definition) is 1. The molecule has 1 atom stereocenters. The monoisotopic (exact) mass is 312 g/mol. The number of rotatable bonds is 3. The predicted octanol–water partition coefficient (Wildman–Crippen LogP) is 4.97. The number of nitrogens with one attached hydrogen (secondary N) is 2. The number of aryl methyl sites for hydroxylation is 4. The van der Waals surface area contributed by atoms with E-state index in [1.807, 2.05) is 0 Å². The number of anilines is 1. The third-order valence-electron chi connectivity index (χ3n) is 3.73. The Morgan fingerprint density at radius 1 is 0.909 bits per heavy atom. The molecule has 0 saturated carbocycles. The van der Waals surface area contributed by atoms with Crippen LogP contribution >= 0.6 is 12.2 Å². The van der Waals surface area contributed by atoms with Gasteiger partial charge in [0.2, 0.25) is 0 Å². The maximum absolute atomic E-state index is 5.45. The first kappa shape index (κ1) is 16.5. The Kier molecular flexibility index (Phi) is 5.19. The molecule has 2 nitrogen and oxygen atoms in total. The lowest BCUT2D eigenvalue weighted by molar-refractivity contribution is 0.716. The summed E-state index contributed by atoms with van der Waals surface area (Å²) in [6, 6.07) is 13.0. The maximum atomic E-state index is 5.45. The Hall–Kier alpha value is -1.87. The zero-order valence-corrected chi connectivity index (χ0v) is 14.8. The largest absolute Gasteiger partial charge is 0.356 e. The van der Waals surface area contributed by atoms with Crippen LogP contribution in [0.1, 0.15) is 40.8 Å². The van der Waals surface area contributed by atoms with Crippen molar-refractivity contribution in [3.63, 3.8) is 0 Å². The molecule has 0 aliphatic carbocycles. The van der Waals surface area contributed by atoms with Crippen LogP contribution in [0.3, 0.4) is 0 Å². The van der Waals surface area contributed by atoms with Gasteiger partial charge in [-0.3, -0.25) is 0 Å². The smallest absolute Gasteiger partial charge is 0.171 e. The van der Waals surface area contributed by atoms with Gasteiger partial charge in [0, 0.05) is 5.69 Å². The van der Waals surface area contributed by atoms with E-state index in [4.69, 9.17) is 12.2 Å². The topological polar surface area (TPSA) is 24.1 Å². The molecule has 2 rings (SSSR count). The second-order valence-corrected chi connectivity index (χ2v) is 6.46. The van der Waals surface area contributed by atoms with Crippen LogP contribution in [-0.4, -0.2) is 5.11 Å². The molecule has 2 aromatic rings. The molecule has 3 heteroatoms. The van der Waals surface area contributed by atoms with Crippen molar-refractivity contribution < 1.29 is 0 Å². The van der Waals surface area contributed by atoms with E-state index < -0.39 is 0 Å². The molecule has 22 heavy (non-hydrogen) atoms. The van der Waals surface area contributed by atoms with E-state index in [-0.39, 0.29) is 6.04 Å². The minimum atomic E-state index is 0.172. The lowest BCUT2D eigenvalue weighted by Gasteiger charge is -2.20. The van der Waals surface area contributed by atoms with Gasteiger partial charge in [0.25, 0.3) is 0 Å². The minimum Gasteiger partial charge on any atom is -0.356 e. The Labute approximate surface area is 139 Å². The van der Waals surface area contributed by atoms with Crippen molar-refractivity contribution in [2.45, 2.75) is 40.7 Å². The van der Waals surface area contributed by atoms with Crippen LogP contribution in [0.2, 0.25) is 0 Å². The van der Waals surface area contributed by atoms with Gasteiger partial charge in [-0.25, -0.2) is 0 Å². The van der Waals surface area contributed by atoms with Gasteiger partial charge in [0.15, 0.2) is 5.11 Å². The first-order valence-corrected chi connectivity index (χ1v) is 7.99. The van der Waals surface area contributed by atoms with E-state index in [0.29, 0.717) is 5.11 Å². The average molecular weight is 312 g/mol. The normalized spacial score (nSPS) is 11.9. The fourth-order valence-electron chi connectivity index (χ4n) is 2.71. The zero-order valence-electron chi connectivity index (χ0n) is 13.9. The molecule has 0 aliphatic heterocycles. The van der Waals surface area contributed by atoms with Gasteiger partial charge in [0.1, 0.15) is 0 Å². The molecular weight excluding hydrogens is 288 g/mol. The van der Waals surface area contributed by atoms with Gasteiger partial charge < -0.3 is 10.6 Å². The molecule has 0 saturated heterocycles. The Balaban J connectivity index is 2.06. The molecule has 116 valence electrons. The van der Waals surface area contributed by atoms with Crippen LogP contribution < -0.4 is 10.6 Å². The van der Waals surface area contributed by atoms with Crippen LogP contribution in [0.5, 0.6) is 0 Å². The summed E-state index contributed by atoms with van der Waals surface area (Å²) in [5.41, 5.74) is 7.32. The summed E-state index contributed by atoms with van der Waals surface area (Å²) < 4.78 is 0. The van der Waals surface area contributed by atoms with Crippen molar-refractivity contribution in [3.8, 4) is 0 Å². The first-order valence-electron chi connectivity index (χ1n) is 7.58. The standard InChI is InChI=1S/C19H24N2S/c1-12-6-7-15(4)18(11-12)16(5)20-19(22)21-17-9-13(2)8-14(3)10-17/h6-11,16H,1-5H3,(H2,20,21,22). The van der Waals surface area contributed by atoms with Gasteiger partial charge in [-0.2, -0.15) is 0 Å². The van der Waals surface area contributed by atoms with Gasteiger partial charge >= 0.3 is 0 Å². The fourth-order valence-corrected chi connectivity index (χ4v) is 3.01. The van der Waals surface area contributed by atoms with Gasteiger partial charge in [-0.1, -0.05) is 29.8 Å². The predicted molar refractivity (Wildman–Crippen MR) is 99.6 cm³/mol. The Bertz CT molecular complexity index is 672. The van der Waals surface area contributed by atoms with Crippen molar-refractivity contribution in [1.82, 2.24) is 5.32 Å². The highest BCUT2D eigenvalue weighted by Gasteiger charge is 2.10. The summed E-state index contributed by atoms with van der Waals surface area (Å²) in [7, 11) is 0. The van der Waals surface area contributed by atoms with E-state index in [2.05, 4.69) is 81.7 Å². The summed E-state index contributed by atoms with van der Waals surface area (Å²) in [5.74, 6) is 0. The average Bonchev–Trinajstić information content (AvgIpc) is 2.39. The Morgan fingerprint density at radius 2 is 1.55 bits per heavy atom.